The summed E-state index contributed by atoms with van der Waals surface area (Å²) in [5, 5.41) is 0. The fourth-order valence-corrected chi connectivity index (χ4v) is 6.40. The number of carbonyl (C=O) groups excluding carboxylic acids is 2. The summed E-state index contributed by atoms with van der Waals surface area (Å²) >= 11 is 0. The van der Waals surface area contributed by atoms with Crippen LogP contribution in [0, 0.1) is 5.41 Å². The smallest absolute Gasteiger partial charge is 0.323 e. The average Bonchev–Trinajstić information content (AvgIpc) is 3.00. The van der Waals surface area contributed by atoms with Gasteiger partial charge in [-0.2, -0.15) is 0 Å². The molecule has 0 saturated carbocycles. The minimum atomic E-state index is -1.12. The van der Waals surface area contributed by atoms with Gasteiger partial charge >= 0.3 is 11.9 Å². The summed E-state index contributed by atoms with van der Waals surface area (Å²) in [6, 6.07) is 0. The highest BCUT2D eigenvalue weighted by atomic mass is 16.6. The maximum absolute atomic E-state index is 13.2. The van der Waals surface area contributed by atoms with E-state index < -0.39 is 5.41 Å². The summed E-state index contributed by atoms with van der Waals surface area (Å²) < 4.78 is 10.9. The molecule has 4 heteroatoms. The first-order valence-corrected chi connectivity index (χ1v) is 19.4. The lowest BCUT2D eigenvalue weighted by atomic mass is 9.77. The predicted octanol–water partition coefficient (Wildman–Crippen LogP) is 12.8. The molecule has 0 aliphatic carbocycles. The van der Waals surface area contributed by atoms with Gasteiger partial charge in [-0.05, 0) is 26.7 Å². The van der Waals surface area contributed by atoms with E-state index in [1.54, 1.807) is 0 Å². The van der Waals surface area contributed by atoms with Crippen molar-refractivity contribution in [2.75, 3.05) is 13.2 Å². The number of carbonyl (C=O) groups is 2. The van der Waals surface area contributed by atoms with Crippen LogP contribution < -0.4 is 0 Å². The van der Waals surface area contributed by atoms with Gasteiger partial charge in [-0.1, -0.05) is 194 Å². The molecule has 0 amide bonds. The lowest BCUT2D eigenvalue weighted by Gasteiger charge is -2.29. The van der Waals surface area contributed by atoms with Crippen molar-refractivity contribution in [2.45, 2.75) is 220 Å². The highest BCUT2D eigenvalue weighted by Crippen LogP contribution is 2.35. The summed E-state index contributed by atoms with van der Waals surface area (Å²) in [6.07, 6.45) is 37.3. The van der Waals surface area contributed by atoms with Gasteiger partial charge in [0.2, 0.25) is 0 Å². The third-order valence-corrected chi connectivity index (χ3v) is 9.25. The first-order valence-electron chi connectivity index (χ1n) is 19.4. The van der Waals surface area contributed by atoms with Gasteiger partial charge in [0, 0.05) is 0 Å². The van der Waals surface area contributed by atoms with Crippen molar-refractivity contribution >= 4 is 11.9 Å². The Bertz CT molecular complexity index is 550. The molecule has 0 aromatic heterocycles. The van der Waals surface area contributed by atoms with Crippen LogP contribution in [0.2, 0.25) is 0 Å². The van der Waals surface area contributed by atoms with Gasteiger partial charge in [-0.3, -0.25) is 9.59 Å². The molecule has 0 spiro atoms. The summed E-state index contributed by atoms with van der Waals surface area (Å²) in [5.74, 6) is -0.726. The molecule has 0 unspecified atom stereocenters. The molecule has 0 saturated heterocycles. The van der Waals surface area contributed by atoms with Crippen molar-refractivity contribution in [3.63, 3.8) is 0 Å². The maximum Gasteiger partial charge on any atom is 0.323 e. The van der Waals surface area contributed by atoms with Crippen LogP contribution in [0.3, 0.4) is 0 Å². The van der Waals surface area contributed by atoms with Crippen molar-refractivity contribution in [1.29, 1.82) is 0 Å². The lowest BCUT2D eigenvalue weighted by molar-refractivity contribution is -0.173. The average molecular weight is 609 g/mol. The second-order valence-corrected chi connectivity index (χ2v) is 13.2. The number of hydrogen-bond acceptors (Lipinski definition) is 4. The van der Waals surface area contributed by atoms with Crippen LogP contribution in [0.25, 0.3) is 0 Å². The first-order chi connectivity index (χ1) is 21.1. The summed E-state index contributed by atoms with van der Waals surface area (Å²) in [5.41, 5.74) is -1.12. The first kappa shape index (κ1) is 41.9. The highest BCUT2D eigenvalue weighted by Gasteiger charge is 2.47. The Morgan fingerprint density at radius 2 is 0.558 bits per heavy atom. The number of ether oxygens (including phenoxy) is 2. The zero-order valence-electron chi connectivity index (χ0n) is 29.8. The van der Waals surface area contributed by atoms with Gasteiger partial charge in [0.05, 0.1) is 13.2 Å². The van der Waals surface area contributed by atoms with Crippen LogP contribution in [0.1, 0.15) is 220 Å². The molecule has 0 aliphatic rings. The number of rotatable bonds is 34. The standard InChI is InChI=1S/C39H76O4/c1-5-9-11-13-15-17-19-21-23-25-27-29-31-33-35-39(37(40)42-7-3,38(41)43-8-4)36-34-32-30-28-26-24-22-20-18-16-14-12-10-6-2/h5-36H2,1-4H3. The molecule has 43 heavy (non-hydrogen) atoms. The third kappa shape index (κ3) is 23.9. The Hall–Kier alpha value is -1.06. The molecule has 0 bridgehead atoms. The van der Waals surface area contributed by atoms with Crippen molar-refractivity contribution < 1.29 is 19.1 Å². The Morgan fingerprint density at radius 3 is 0.767 bits per heavy atom. The molecular formula is C39H76O4. The molecule has 0 fully saturated rings. The number of unbranched alkanes of at least 4 members (excludes halogenated alkanes) is 26. The molecule has 256 valence electrons. The van der Waals surface area contributed by atoms with Crippen LogP contribution in [0.4, 0.5) is 0 Å². The van der Waals surface area contributed by atoms with E-state index in [1.165, 1.54) is 154 Å². The third-order valence-electron chi connectivity index (χ3n) is 9.25. The Balaban J connectivity index is 4.30. The van der Waals surface area contributed by atoms with Gasteiger partial charge in [0.15, 0.2) is 5.41 Å². The molecule has 4 nitrogen and oxygen atoms in total. The fourth-order valence-electron chi connectivity index (χ4n) is 6.40. The Morgan fingerprint density at radius 1 is 0.349 bits per heavy atom. The van der Waals surface area contributed by atoms with Gasteiger partial charge in [0.1, 0.15) is 0 Å². The van der Waals surface area contributed by atoms with Crippen LogP contribution in [0.15, 0.2) is 0 Å². The molecule has 0 rings (SSSR count). The minimum Gasteiger partial charge on any atom is -0.465 e. The van der Waals surface area contributed by atoms with E-state index in [1.807, 2.05) is 13.8 Å². The van der Waals surface area contributed by atoms with Gasteiger partial charge < -0.3 is 9.47 Å². The molecule has 0 atom stereocenters. The van der Waals surface area contributed by atoms with E-state index in [-0.39, 0.29) is 11.9 Å². The van der Waals surface area contributed by atoms with E-state index in [4.69, 9.17) is 9.47 Å². The highest BCUT2D eigenvalue weighted by molar-refractivity contribution is 6.00. The zero-order valence-corrected chi connectivity index (χ0v) is 29.8. The quantitative estimate of drug-likeness (QED) is 0.0414. The van der Waals surface area contributed by atoms with E-state index >= 15 is 0 Å². The van der Waals surface area contributed by atoms with Crippen molar-refractivity contribution in [1.82, 2.24) is 0 Å². The van der Waals surface area contributed by atoms with E-state index in [2.05, 4.69) is 13.8 Å². The van der Waals surface area contributed by atoms with E-state index in [0.717, 1.165) is 25.7 Å². The molecule has 0 heterocycles. The molecule has 0 aromatic rings. The monoisotopic (exact) mass is 609 g/mol. The Kier molecular flexibility index (Phi) is 31.5. The fraction of sp³-hybridized carbons (Fsp3) is 0.949. The van der Waals surface area contributed by atoms with Crippen molar-refractivity contribution in [2.24, 2.45) is 5.41 Å². The summed E-state index contributed by atoms with van der Waals surface area (Å²) in [6.45, 7) is 8.81. The van der Waals surface area contributed by atoms with Crippen molar-refractivity contribution in [3.8, 4) is 0 Å². The van der Waals surface area contributed by atoms with Crippen LogP contribution in [-0.4, -0.2) is 25.2 Å². The zero-order chi connectivity index (χ0) is 31.7. The molecule has 0 radical (unpaired) electrons. The van der Waals surface area contributed by atoms with Gasteiger partial charge in [-0.15, -0.1) is 0 Å². The molecule has 0 aromatic carbocycles. The summed E-state index contributed by atoms with van der Waals surface area (Å²) in [7, 11) is 0. The topological polar surface area (TPSA) is 52.6 Å². The van der Waals surface area contributed by atoms with Crippen LogP contribution >= 0.6 is 0 Å². The summed E-state index contributed by atoms with van der Waals surface area (Å²) in [4.78, 5) is 26.4. The van der Waals surface area contributed by atoms with Gasteiger partial charge in [0.25, 0.3) is 0 Å². The number of hydrogen-bond donors (Lipinski definition) is 0. The SMILES string of the molecule is CCCCCCCCCCCCCCCCC(CCCCCCCCCCCCCCCC)(C(=O)OCC)C(=O)OCC. The van der Waals surface area contributed by atoms with Crippen LogP contribution in [-0.2, 0) is 19.1 Å². The van der Waals surface area contributed by atoms with E-state index in [0.29, 0.717) is 26.1 Å². The second kappa shape index (κ2) is 32.3. The van der Waals surface area contributed by atoms with E-state index in [9.17, 15) is 9.59 Å². The number of esters is 2. The predicted molar refractivity (Wildman–Crippen MR) is 186 cm³/mol. The second-order valence-electron chi connectivity index (χ2n) is 13.2. The maximum atomic E-state index is 13.2. The van der Waals surface area contributed by atoms with Crippen molar-refractivity contribution in [3.05, 3.63) is 0 Å². The molecule has 0 aliphatic heterocycles. The molecule has 0 N–H and O–H groups in total. The minimum absolute atomic E-state index is 0.303. The largest absolute Gasteiger partial charge is 0.465 e. The van der Waals surface area contributed by atoms with Crippen LogP contribution in [0.5, 0.6) is 0 Å². The molecular weight excluding hydrogens is 532 g/mol. The normalized spacial score (nSPS) is 11.6. The van der Waals surface area contributed by atoms with Gasteiger partial charge in [-0.25, -0.2) is 0 Å². The Labute approximate surface area is 269 Å². The lowest BCUT2D eigenvalue weighted by Crippen LogP contribution is -2.42.